The second-order valence-corrected chi connectivity index (χ2v) is 3.15. The summed E-state index contributed by atoms with van der Waals surface area (Å²) in [6.07, 6.45) is 1.28. The van der Waals surface area contributed by atoms with Crippen molar-refractivity contribution in [3.8, 4) is 0 Å². The Balaban J connectivity index is 0.000000770. The third-order valence-electron chi connectivity index (χ3n) is 1.89. The van der Waals surface area contributed by atoms with E-state index in [4.69, 9.17) is 20.7 Å². The standard InChI is InChI=1S/C11H15NO2.CHNO/c1-2-14-11(13)10(12)8-9-6-4-3-5-7-9;2-1-3/h3-7,10H,2,8,12H2,1H3;2H/t10-;/m0./s1. The lowest BCUT2D eigenvalue weighted by Crippen LogP contribution is -2.34. The Morgan fingerprint density at radius 2 is 2.00 bits per heavy atom. The first-order valence-electron chi connectivity index (χ1n) is 5.15. The fourth-order valence-corrected chi connectivity index (χ4v) is 1.20. The number of hydrogen-bond donors (Lipinski definition) is 2. The number of carbonyl (C=O) groups excluding carboxylic acids is 2. The molecule has 3 N–H and O–H groups in total. The Morgan fingerprint density at radius 3 is 2.47 bits per heavy atom. The van der Waals surface area contributed by atoms with Gasteiger partial charge in [-0.15, -0.1) is 0 Å². The van der Waals surface area contributed by atoms with E-state index in [1.165, 1.54) is 0 Å². The van der Waals surface area contributed by atoms with Gasteiger partial charge in [-0.3, -0.25) is 4.79 Å². The molecular formula is C12H16N2O3. The van der Waals surface area contributed by atoms with Crippen molar-refractivity contribution in [3.05, 3.63) is 35.9 Å². The lowest BCUT2D eigenvalue weighted by molar-refractivity contribution is -0.144. The first-order valence-corrected chi connectivity index (χ1v) is 5.15. The van der Waals surface area contributed by atoms with Gasteiger partial charge in [0.15, 0.2) is 0 Å². The van der Waals surface area contributed by atoms with Crippen molar-refractivity contribution in [1.82, 2.24) is 0 Å². The molecule has 0 fully saturated rings. The number of nitrogens with two attached hydrogens (primary N) is 1. The van der Waals surface area contributed by atoms with Crippen LogP contribution >= 0.6 is 0 Å². The second-order valence-electron chi connectivity index (χ2n) is 3.15. The van der Waals surface area contributed by atoms with Crippen LogP contribution in [0.5, 0.6) is 0 Å². The Hall–Kier alpha value is -1.97. The van der Waals surface area contributed by atoms with Gasteiger partial charge in [-0.2, -0.15) is 0 Å². The Labute approximate surface area is 100 Å². The van der Waals surface area contributed by atoms with Gasteiger partial charge in [0, 0.05) is 0 Å². The molecule has 1 atom stereocenters. The van der Waals surface area contributed by atoms with Crippen LogP contribution in [0.15, 0.2) is 30.3 Å². The van der Waals surface area contributed by atoms with Crippen LogP contribution in [-0.4, -0.2) is 24.7 Å². The number of rotatable bonds is 4. The van der Waals surface area contributed by atoms with Crippen molar-refractivity contribution in [2.75, 3.05) is 6.61 Å². The highest BCUT2D eigenvalue weighted by Gasteiger charge is 2.14. The molecule has 5 heteroatoms. The van der Waals surface area contributed by atoms with Crippen LogP contribution in [0.2, 0.25) is 0 Å². The molecule has 92 valence electrons. The van der Waals surface area contributed by atoms with Crippen LogP contribution in [0.25, 0.3) is 0 Å². The first-order chi connectivity index (χ1) is 8.15. The topological polar surface area (TPSA) is 93.2 Å². The average Bonchev–Trinajstić information content (AvgIpc) is 2.31. The van der Waals surface area contributed by atoms with Crippen LogP contribution in [0.3, 0.4) is 0 Å². The van der Waals surface area contributed by atoms with Crippen molar-refractivity contribution in [2.24, 2.45) is 5.73 Å². The van der Waals surface area contributed by atoms with E-state index in [-0.39, 0.29) is 5.97 Å². The minimum Gasteiger partial charge on any atom is -0.465 e. The van der Waals surface area contributed by atoms with Crippen LogP contribution in [-0.2, 0) is 20.7 Å². The molecule has 0 heterocycles. The molecule has 1 aromatic carbocycles. The van der Waals surface area contributed by atoms with Crippen molar-refractivity contribution in [1.29, 1.82) is 5.41 Å². The van der Waals surface area contributed by atoms with Crippen molar-refractivity contribution in [2.45, 2.75) is 19.4 Å². The molecule has 0 aromatic heterocycles. The van der Waals surface area contributed by atoms with Gasteiger partial charge in [-0.05, 0) is 18.9 Å². The predicted molar refractivity (Wildman–Crippen MR) is 63.2 cm³/mol. The number of ether oxygens (including phenoxy) is 1. The summed E-state index contributed by atoms with van der Waals surface area (Å²) in [4.78, 5) is 19.5. The normalized spacial score (nSPS) is 10.5. The molecule has 0 spiro atoms. The Bertz CT molecular complexity index is 359. The van der Waals surface area contributed by atoms with E-state index >= 15 is 0 Å². The molecule has 0 unspecified atom stereocenters. The lowest BCUT2D eigenvalue weighted by Gasteiger charge is -2.09. The van der Waals surface area contributed by atoms with Gasteiger partial charge >= 0.3 is 5.97 Å². The van der Waals surface area contributed by atoms with Gasteiger partial charge in [0.05, 0.1) is 6.61 Å². The summed E-state index contributed by atoms with van der Waals surface area (Å²) in [5.74, 6) is -0.337. The van der Waals surface area contributed by atoms with Gasteiger partial charge in [0.1, 0.15) is 6.04 Å². The van der Waals surface area contributed by atoms with Crippen molar-refractivity contribution in [3.63, 3.8) is 0 Å². The molecule has 0 amide bonds. The van der Waals surface area contributed by atoms with Gasteiger partial charge in [0.25, 0.3) is 0 Å². The quantitative estimate of drug-likeness (QED) is 0.463. The minimum absolute atomic E-state index is 0.337. The minimum atomic E-state index is -0.558. The molecule has 0 radical (unpaired) electrons. The number of benzene rings is 1. The molecule has 0 saturated heterocycles. The third-order valence-corrected chi connectivity index (χ3v) is 1.89. The zero-order chi connectivity index (χ0) is 13.1. The van der Waals surface area contributed by atoms with Gasteiger partial charge in [-0.25, -0.2) is 10.2 Å². The highest BCUT2D eigenvalue weighted by Crippen LogP contribution is 2.02. The van der Waals surface area contributed by atoms with Crippen LogP contribution < -0.4 is 5.73 Å². The van der Waals surface area contributed by atoms with E-state index < -0.39 is 6.04 Å². The summed E-state index contributed by atoms with van der Waals surface area (Å²) in [5.41, 5.74) is 6.71. The predicted octanol–water partition coefficient (Wildman–Crippen LogP) is 1.02. The molecule has 0 bridgehead atoms. The van der Waals surface area contributed by atoms with E-state index in [2.05, 4.69) is 0 Å². The summed E-state index contributed by atoms with van der Waals surface area (Å²) in [7, 11) is 0. The molecule has 5 nitrogen and oxygen atoms in total. The summed E-state index contributed by atoms with van der Waals surface area (Å²) in [5, 5.41) is 5.40. The largest absolute Gasteiger partial charge is 0.465 e. The summed E-state index contributed by atoms with van der Waals surface area (Å²) >= 11 is 0. The lowest BCUT2D eigenvalue weighted by atomic mass is 10.1. The van der Waals surface area contributed by atoms with Gasteiger partial charge in [0.2, 0.25) is 6.08 Å². The molecule has 0 saturated carbocycles. The van der Waals surface area contributed by atoms with Crippen LogP contribution in [0.1, 0.15) is 12.5 Å². The monoisotopic (exact) mass is 236 g/mol. The third kappa shape index (κ3) is 7.00. The molecule has 0 aliphatic heterocycles. The zero-order valence-corrected chi connectivity index (χ0v) is 9.68. The van der Waals surface area contributed by atoms with Gasteiger partial charge in [-0.1, -0.05) is 30.3 Å². The summed E-state index contributed by atoms with van der Waals surface area (Å²) in [6, 6.07) is 9.11. The number of esters is 1. The fourth-order valence-electron chi connectivity index (χ4n) is 1.20. The van der Waals surface area contributed by atoms with E-state index in [1.807, 2.05) is 30.3 Å². The van der Waals surface area contributed by atoms with E-state index in [0.29, 0.717) is 13.0 Å². The molecule has 1 rings (SSSR count). The van der Waals surface area contributed by atoms with Crippen LogP contribution in [0, 0.1) is 5.41 Å². The maximum absolute atomic E-state index is 11.2. The Kier molecular flexibility index (Phi) is 8.20. The SMILES string of the molecule is CCOC(=O)[C@@H](N)Cc1ccccc1.N=C=O. The maximum Gasteiger partial charge on any atom is 0.323 e. The number of hydrogen-bond acceptors (Lipinski definition) is 5. The molecule has 17 heavy (non-hydrogen) atoms. The molecule has 0 aliphatic carbocycles. The van der Waals surface area contributed by atoms with Crippen molar-refractivity contribution < 1.29 is 14.3 Å². The Morgan fingerprint density at radius 1 is 1.47 bits per heavy atom. The maximum atomic E-state index is 11.2. The summed E-state index contributed by atoms with van der Waals surface area (Å²) < 4.78 is 4.81. The van der Waals surface area contributed by atoms with E-state index in [0.717, 1.165) is 11.6 Å². The van der Waals surface area contributed by atoms with Crippen LogP contribution in [0.4, 0.5) is 0 Å². The summed E-state index contributed by atoms with van der Waals surface area (Å²) in [6.45, 7) is 2.15. The molecule has 0 aliphatic rings. The highest BCUT2D eigenvalue weighted by atomic mass is 16.5. The second kappa shape index (κ2) is 9.27. The molecule has 1 aromatic rings. The zero-order valence-electron chi connectivity index (χ0n) is 9.68. The smallest absolute Gasteiger partial charge is 0.323 e. The number of carbonyl (C=O) groups is 1. The average molecular weight is 236 g/mol. The highest BCUT2D eigenvalue weighted by molar-refractivity contribution is 5.75. The molecular weight excluding hydrogens is 220 g/mol. The van der Waals surface area contributed by atoms with E-state index in [1.54, 1.807) is 6.92 Å². The number of nitrogens with one attached hydrogen (secondary N) is 1. The fraction of sp³-hybridized carbons (Fsp3) is 0.333. The van der Waals surface area contributed by atoms with Gasteiger partial charge < -0.3 is 10.5 Å². The van der Waals surface area contributed by atoms with E-state index in [9.17, 15) is 4.79 Å². The van der Waals surface area contributed by atoms with Crippen molar-refractivity contribution >= 4 is 12.0 Å². The first kappa shape index (κ1) is 15.0. The number of isocyanates is 1.